The Balaban J connectivity index is 3.00. The minimum Gasteiger partial charge on any atom is -0.508 e. The van der Waals surface area contributed by atoms with Crippen molar-refractivity contribution >= 4 is 15.9 Å². The molecule has 4 heteroatoms. The predicted octanol–water partition coefficient (Wildman–Crippen LogP) is 2.07. The molecule has 68 valence electrons. The molecule has 0 aliphatic heterocycles. The lowest BCUT2D eigenvalue weighted by Gasteiger charge is -2.10. The number of phenols is 1. The predicted molar refractivity (Wildman–Crippen MR) is 53.0 cm³/mol. The summed E-state index contributed by atoms with van der Waals surface area (Å²) in [6.07, 6.45) is 0.238. The van der Waals surface area contributed by atoms with Gasteiger partial charge in [0.05, 0.1) is 12.5 Å². The number of nitriles is 1. The summed E-state index contributed by atoms with van der Waals surface area (Å²) >= 11 is 3.30. The second-order valence-corrected chi connectivity index (χ2v) is 3.53. The molecule has 0 heterocycles. The smallest absolute Gasteiger partial charge is 0.115 e. The van der Waals surface area contributed by atoms with Crippen LogP contribution in [0.25, 0.3) is 0 Å². The minimum atomic E-state index is -0.355. The van der Waals surface area contributed by atoms with E-state index in [-0.39, 0.29) is 18.2 Å². The first-order chi connectivity index (χ1) is 6.15. The van der Waals surface area contributed by atoms with Gasteiger partial charge >= 0.3 is 0 Å². The fourth-order valence-electron chi connectivity index (χ4n) is 1.02. The average Bonchev–Trinajstić information content (AvgIpc) is 2.09. The zero-order valence-electron chi connectivity index (χ0n) is 6.87. The number of rotatable bonds is 2. The summed E-state index contributed by atoms with van der Waals surface area (Å²) in [4.78, 5) is 0. The fourth-order valence-corrected chi connectivity index (χ4v) is 1.56. The van der Waals surface area contributed by atoms with Crippen molar-refractivity contribution in [3.8, 4) is 11.8 Å². The average molecular weight is 241 g/mol. The molecular formula is C9H9BrN2O. The zero-order valence-corrected chi connectivity index (χ0v) is 8.45. The van der Waals surface area contributed by atoms with E-state index in [1.54, 1.807) is 18.2 Å². The van der Waals surface area contributed by atoms with E-state index < -0.39 is 0 Å². The van der Waals surface area contributed by atoms with Crippen molar-refractivity contribution in [2.45, 2.75) is 12.5 Å². The van der Waals surface area contributed by atoms with Gasteiger partial charge in [-0.05, 0) is 23.8 Å². The van der Waals surface area contributed by atoms with Crippen molar-refractivity contribution in [1.82, 2.24) is 0 Å². The van der Waals surface area contributed by atoms with Gasteiger partial charge in [-0.2, -0.15) is 5.26 Å². The molecule has 1 rings (SSSR count). The van der Waals surface area contributed by atoms with Crippen molar-refractivity contribution < 1.29 is 5.11 Å². The fraction of sp³-hybridized carbons (Fsp3) is 0.222. The van der Waals surface area contributed by atoms with Crippen LogP contribution < -0.4 is 5.73 Å². The van der Waals surface area contributed by atoms with E-state index in [0.29, 0.717) is 0 Å². The Morgan fingerprint density at radius 2 is 2.31 bits per heavy atom. The Bertz CT molecular complexity index is 346. The van der Waals surface area contributed by atoms with Gasteiger partial charge < -0.3 is 10.8 Å². The third kappa shape index (κ3) is 2.44. The molecule has 0 spiro atoms. The van der Waals surface area contributed by atoms with E-state index in [2.05, 4.69) is 15.9 Å². The van der Waals surface area contributed by atoms with Crippen LogP contribution in [0.4, 0.5) is 0 Å². The maximum Gasteiger partial charge on any atom is 0.115 e. The molecule has 3 N–H and O–H groups in total. The normalized spacial score (nSPS) is 12.1. The lowest BCUT2D eigenvalue weighted by atomic mass is 10.1. The monoisotopic (exact) mass is 240 g/mol. The largest absolute Gasteiger partial charge is 0.508 e. The molecule has 0 aliphatic rings. The first-order valence-electron chi connectivity index (χ1n) is 3.76. The Labute approximate surface area is 84.9 Å². The summed E-state index contributed by atoms with van der Waals surface area (Å²) in [5.41, 5.74) is 6.46. The number of hydrogen-bond donors (Lipinski definition) is 2. The van der Waals surface area contributed by atoms with E-state index in [1.807, 2.05) is 6.07 Å². The molecule has 0 radical (unpaired) electrons. The topological polar surface area (TPSA) is 70.0 Å². The van der Waals surface area contributed by atoms with Gasteiger partial charge in [0.25, 0.3) is 0 Å². The van der Waals surface area contributed by atoms with E-state index in [1.165, 1.54) is 0 Å². The van der Waals surface area contributed by atoms with Gasteiger partial charge in [-0.25, -0.2) is 0 Å². The molecule has 1 atom stereocenters. The number of phenolic OH excluding ortho intramolecular Hbond substituents is 1. The Kier molecular flexibility index (Phi) is 3.29. The van der Waals surface area contributed by atoms with Crippen LogP contribution in [0.5, 0.6) is 5.75 Å². The summed E-state index contributed by atoms with van der Waals surface area (Å²) < 4.78 is 0.813. The molecule has 0 unspecified atom stereocenters. The molecule has 0 amide bonds. The van der Waals surface area contributed by atoms with Gasteiger partial charge in [-0.1, -0.05) is 15.9 Å². The first kappa shape index (κ1) is 10.0. The molecule has 0 bridgehead atoms. The molecule has 0 saturated carbocycles. The summed E-state index contributed by atoms with van der Waals surface area (Å²) in [5.74, 6) is 0.159. The number of aromatic hydroxyl groups is 1. The Morgan fingerprint density at radius 1 is 1.62 bits per heavy atom. The summed E-state index contributed by atoms with van der Waals surface area (Å²) in [7, 11) is 0. The van der Waals surface area contributed by atoms with Crippen molar-refractivity contribution in [3.63, 3.8) is 0 Å². The van der Waals surface area contributed by atoms with Crippen LogP contribution in [0, 0.1) is 11.3 Å². The molecule has 0 saturated heterocycles. The van der Waals surface area contributed by atoms with Crippen LogP contribution in [0.2, 0.25) is 0 Å². The molecular weight excluding hydrogens is 232 g/mol. The highest BCUT2D eigenvalue weighted by Gasteiger charge is 2.09. The zero-order chi connectivity index (χ0) is 9.84. The van der Waals surface area contributed by atoms with Crippen LogP contribution in [0.1, 0.15) is 18.0 Å². The van der Waals surface area contributed by atoms with Crippen molar-refractivity contribution in [1.29, 1.82) is 5.26 Å². The van der Waals surface area contributed by atoms with E-state index in [9.17, 15) is 5.11 Å². The van der Waals surface area contributed by atoms with Gasteiger partial charge in [0.15, 0.2) is 0 Å². The van der Waals surface area contributed by atoms with E-state index in [0.717, 1.165) is 10.0 Å². The highest BCUT2D eigenvalue weighted by Crippen LogP contribution is 2.27. The number of nitrogens with zero attached hydrogens (tertiary/aromatic N) is 1. The van der Waals surface area contributed by atoms with Gasteiger partial charge in [0, 0.05) is 10.5 Å². The molecule has 3 nitrogen and oxygen atoms in total. The van der Waals surface area contributed by atoms with Gasteiger partial charge in [-0.15, -0.1) is 0 Å². The van der Waals surface area contributed by atoms with Crippen molar-refractivity contribution in [2.24, 2.45) is 5.73 Å². The number of benzene rings is 1. The lowest BCUT2D eigenvalue weighted by Crippen LogP contribution is -2.09. The molecule has 1 aromatic carbocycles. The van der Waals surface area contributed by atoms with Gasteiger partial charge in [0.2, 0.25) is 0 Å². The third-order valence-corrected chi connectivity index (χ3v) is 2.41. The highest BCUT2D eigenvalue weighted by molar-refractivity contribution is 9.10. The highest BCUT2D eigenvalue weighted by atomic mass is 79.9. The Hall–Kier alpha value is -1.05. The quantitative estimate of drug-likeness (QED) is 0.832. The summed E-state index contributed by atoms with van der Waals surface area (Å²) in [6.45, 7) is 0. The van der Waals surface area contributed by atoms with Crippen LogP contribution in [0.3, 0.4) is 0 Å². The Morgan fingerprint density at radius 3 is 2.92 bits per heavy atom. The number of halogens is 1. The second kappa shape index (κ2) is 4.26. The molecule has 1 aromatic rings. The second-order valence-electron chi connectivity index (χ2n) is 2.67. The van der Waals surface area contributed by atoms with Crippen LogP contribution in [-0.4, -0.2) is 5.11 Å². The molecule has 0 fully saturated rings. The van der Waals surface area contributed by atoms with E-state index in [4.69, 9.17) is 11.0 Å². The van der Waals surface area contributed by atoms with Crippen LogP contribution in [0.15, 0.2) is 22.7 Å². The maximum atomic E-state index is 9.20. The van der Waals surface area contributed by atoms with E-state index >= 15 is 0 Å². The lowest BCUT2D eigenvalue weighted by molar-refractivity contribution is 0.473. The van der Waals surface area contributed by atoms with Crippen molar-refractivity contribution in [3.05, 3.63) is 28.2 Å². The SMILES string of the molecule is N#CC[C@H](N)c1cc(O)ccc1Br. The number of nitrogens with two attached hydrogens (primary N) is 1. The van der Waals surface area contributed by atoms with Crippen LogP contribution >= 0.6 is 15.9 Å². The summed E-state index contributed by atoms with van der Waals surface area (Å²) in [6, 6.07) is 6.46. The summed E-state index contributed by atoms with van der Waals surface area (Å²) in [5, 5.41) is 17.6. The number of hydrogen-bond acceptors (Lipinski definition) is 3. The van der Waals surface area contributed by atoms with Gasteiger partial charge in [0.1, 0.15) is 5.75 Å². The van der Waals surface area contributed by atoms with Gasteiger partial charge in [-0.3, -0.25) is 0 Å². The molecule has 13 heavy (non-hydrogen) atoms. The molecule has 0 aromatic heterocycles. The maximum absolute atomic E-state index is 9.20. The molecule has 0 aliphatic carbocycles. The van der Waals surface area contributed by atoms with Crippen LogP contribution in [-0.2, 0) is 0 Å². The standard InChI is InChI=1S/C9H9BrN2O/c10-8-2-1-6(13)5-7(8)9(12)3-4-11/h1-2,5,9,13H,3,12H2/t9-/m0/s1. The minimum absolute atomic E-state index is 0.159. The van der Waals surface area contributed by atoms with Crippen molar-refractivity contribution in [2.75, 3.05) is 0 Å². The third-order valence-electron chi connectivity index (χ3n) is 1.69. The first-order valence-corrected chi connectivity index (χ1v) is 4.55.